The number of carboxylic acids is 1. The van der Waals surface area contributed by atoms with Crippen molar-refractivity contribution in [3.8, 4) is 0 Å². The number of nitrogens with two attached hydrogens (primary N) is 1. The molecule has 0 aromatic heterocycles. The number of halogens is 1. The van der Waals surface area contributed by atoms with Crippen LogP contribution in [0.3, 0.4) is 0 Å². The molecule has 0 aliphatic heterocycles. The summed E-state index contributed by atoms with van der Waals surface area (Å²) < 4.78 is 1.43. The van der Waals surface area contributed by atoms with Crippen LogP contribution in [0.25, 0.3) is 0 Å². The monoisotopic (exact) mass is 340 g/mol. The van der Waals surface area contributed by atoms with Gasteiger partial charge in [0, 0.05) is 0 Å². The molecule has 6 nitrogen and oxygen atoms in total. The van der Waals surface area contributed by atoms with Crippen molar-refractivity contribution in [1.82, 2.24) is 5.43 Å². The fourth-order valence-corrected chi connectivity index (χ4v) is 2.68. The van der Waals surface area contributed by atoms with Crippen molar-refractivity contribution in [2.24, 2.45) is 10.8 Å². The minimum atomic E-state index is -0.975. The maximum absolute atomic E-state index is 10.6. The molecule has 0 heterocycles. The number of carboxylic acid groups (broad SMARTS) is 1. The molecule has 0 saturated carbocycles. The van der Waals surface area contributed by atoms with Crippen molar-refractivity contribution >= 4 is 17.6 Å². The first kappa shape index (κ1) is 15.0. The molecular formula is C9H15IN3O3-. The number of hydrazone groups is 1. The van der Waals surface area contributed by atoms with Crippen molar-refractivity contribution in [3.63, 3.8) is 0 Å². The van der Waals surface area contributed by atoms with E-state index in [1.54, 1.807) is 6.92 Å². The molecule has 0 radical (unpaired) electrons. The number of rotatable bonds is 6. The van der Waals surface area contributed by atoms with E-state index in [1.807, 2.05) is 0 Å². The van der Waals surface area contributed by atoms with Crippen LogP contribution in [0, 0.1) is 0 Å². The first-order valence-corrected chi connectivity index (χ1v) is 7.08. The van der Waals surface area contributed by atoms with Gasteiger partial charge >= 0.3 is 104 Å². The summed E-state index contributed by atoms with van der Waals surface area (Å²) >= 11 is -0.474. The average molecular weight is 340 g/mol. The normalized spacial score (nSPS) is 12.7. The van der Waals surface area contributed by atoms with Gasteiger partial charge in [-0.25, -0.2) is 0 Å². The first-order valence-electron chi connectivity index (χ1n) is 4.48. The number of alkyl halides is 1. The van der Waals surface area contributed by atoms with Gasteiger partial charge in [0.15, 0.2) is 0 Å². The Hall–Kier alpha value is -0.960. The van der Waals surface area contributed by atoms with Gasteiger partial charge in [-0.3, -0.25) is 0 Å². The maximum atomic E-state index is 10.6. The summed E-state index contributed by atoms with van der Waals surface area (Å²) in [5.74, 6) is -1.20. The summed E-state index contributed by atoms with van der Waals surface area (Å²) in [5, 5.41) is 12.4. The molecular weight excluding hydrogens is 325 g/mol. The standard InChI is InChI=1S/C9H15IN3O3/c1-6(12-13-7(2)14)4-10-8(5-11)3-9(15)16/h3H,4-5,11H2,1-2H3,(H,13,14)(H,15,16)/q-1/b8-3+,12-6-. The van der Waals surface area contributed by atoms with E-state index in [0.29, 0.717) is 4.43 Å². The second kappa shape index (κ2) is 8.22. The Kier molecular flexibility index (Phi) is 7.73. The predicted octanol–water partition coefficient (Wildman–Crippen LogP) is -3.49. The molecule has 0 aliphatic carbocycles. The number of nitrogens with one attached hydrogen (secondary N) is 1. The van der Waals surface area contributed by atoms with Gasteiger partial charge in [-0.2, -0.15) is 0 Å². The molecule has 0 aliphatic rings. The van der Waals surface area contributed by atoms with Gasteiger partial charge in [-0.15, -0.1) is 0 Å². The molecule has 16 heavy (non-hydrogen) atoms. The second-order valence-corrected chi connectivity index (χ2v) is 5.83. The molecule has 0 fully saturated rings. The molecule has 0 aromatic rings. The number of hydrogen-bond donors (Lipinski definition) is 3. The zero-order chi connectivity index (χ0) is 12.6. The molecule has 4 N–H and O–H groups in total. The molecule has 0 atom stereocenters. The van der Waals surface area contributed by atoms with Gasteiger partial charge in [-0.1, -0.05) is 0 Å². The summed E-state index contributed by atoms with van der Waals surface area (Å²) in [7, 11) is 0. The molecule has 0 aromatic carbocycles. The van der Waals surface area contributed by atoms with E-state index in [2.05, 4.69) is 10.5 Å². The fraction of sp³-hybridized carbons (Fsp3) is 0.444. The van der Waals surface area contributed by atoms with Crippen molar-refractivity contribution < 1.29 is 35.9 Å². The Bertz CT molecular complexity index is 326. The van der Waals surface area contributed by atoms with Crippen LogP contribution in [0.2, 0.25) is 0 Å². The summed E-state index contributed by atoms with van der Waals surface area (Å²) in [4.78, 5) is 21.0. The Morgan fingerprint density at radius 2 is 2.12 bits per heavy atom. The average Bonchev–Trinajstić information content (AvgIpc) is 2.20. The Morgan fingerprint density at radius 3 is 2.56 bits per heavy atom. The van der Waals surface area contributed by atoms with Crippen molar-refractivity contribution in [3.05, 3.63) is 9.66 Å². The topological polar surface area (TPSA) is 105 Å². The van der Waals surface area contributed by atoms with Crippen LogP contribution in [-0.2, 0) is 9.59 Å². The van der Waals surface area contributed by atoms with Gasteiger partial charge in [0.25, 0.3) is 0 Å². The molecule has 0 saturated heterocycles. The van der Waals surface area contributed by atoms with Crippen LogP contribution >= 0.6 is 0 Å². The van der Waals surface area contributed by atoms with Crippen LogP contribution in [0.15, 0.2) is 14.8 Å². The van der Waals surface area contributed by atoms with Gasteiger partial charge in [0.05, 0.1) is 0 Å². The Balaban J connectivity index is 4.16. The molecule has 7 heteroatoms. The van der Waals surface area contributed by atoms with E-state index in [1.165, 1.54) is 6.92 Å². The van der Waals surface area contributed by atoms with E-state index in [0.717, 1.165) is 15.4 Å². The Labute approximate surface area is 104 Å². The summed E-state index contributed by atoms with van der Waals surface area (Å²) in [6.45, 7) is 3.42. The van der Waals surface area contributed by atoms with E-state index in [9.17, 15) is 9.59 Å². The summed E-state index contributed by atoms with van der Waals surface area (Å²) in [5.41, 5.74) is 8.51. The van der Waals surface area contributed by atoms with Crippen molar-refractivity contribution in [1.29, 1.82) is 0 Å². The van der Waals surface area contributed by atoms with Crippen LogP contribution in [0.1, 0.15) is 13.8 Å². The molecule has 0 spiro atoms. The molecule has 0 bridgehead atoms. The van der Waals surface area contributed by atoms with Crippen LogP contribution in [0.4, 0.5) is 0 Å². The number of carbonyl (C=O) groups excluding carboxylic acids is 1. The van der Waals surface area contributed by atoms with Gasteiger partial charge in [0.2, 0.25) is 0 Å². The van der Waals surface area contributed by atoms with Crippen molar-refractivity contribution in [2.75, 3.05) is 11.0 Å². The van der Waals surface area contributed by atoms with Crippen LogP contribution in [0.5, 0.6) is 0 Å². The van der Waals surface area contributed by atoms with E-state index in [4.69, 9.17) is 10.8 Å². The zero-order valence-electron chi connectivity index (χ0n) is 9.16. The zero-order valence-corrected chi connectivity index (χ0v) is 11.3. The number of carbonyl (C=O) groups is 2. The van der Waals surface area contributed by atoms with E-state index < -0.39 is 27.2 Å². The Morgan fingerprint density at radius 1 is 1.50 bits per heavy atom. The number of amides is 1. The SMILES string of the molecule is CC(=O)N/N=C(/C)C[I-]/C(=C/C(=O)O)CN. The van der Waals surface area contributed by atoms with Gasteiger partial charge < -0.3 is 0 Å². The third kappa shape index (κ3) is 8.36. The molecule has 92 valence electrons. The van der Waals surface area contributed by atoms with E-state index >= 15 is 0 Å². The summed E-state index contributed by atoms with van der Waals surface area (Å²) in [6, 6.07) is 0. The minimum absolute atomic E-state index is 0.224. The van der Waals surface area contributed by atoms with E-state index in [-0.39, 0.29) is 12.5 Å². The number of aliphatic carboxylic acids is 1. The fourth-order valence-electron chi connectivity index (χ4n) is 0.673. The molecule has 1 amide bonds. The predicted molar refractivity (Wildman–Crippen MR) is 56.6 cm³/mol. The molecule has 0 rings (SSSR count). The number of nitrogens with zero attached hydrogens (tertiary/aromatic N) is 1. The third-order valence-electron chi connectivity index (χ3n) is 1.31. The quantitative estimate of drug-likeness (QED) is 0.154. The van der Waals surface area contributed by atoms with Crippen LogP contribution in [-0.4, -0.2) is 33.7 Å². The third-order valence-corrected chi connectivity index (χ3v) is 4.53. The number of hydrogen-bond acceptors (Lipinski definition) is 4. The first-order chi connectivity index (χ1) is 7.45. The second-order valence-electron chi connectivity index (χ2n) is 2.92. The van der Waals surface area contributed by atoms with Gasteiger partial charge in [0.1, 0.15) is 0 Å². The van der Waals surface area contributed by atoms with Crippen molar-refractivity contribution in [2.45, 2.75) is 13.8 Å². The summed E-state index contributed by atoms with van der Waals surface area (Å²) in [6.07, 6.45) is 1.15. The van der Waals surface area contributed by atoms with Crippen LogP contribution < -0.4 is 32.4 Å². The van der Waals surface area contributed by atoms with Gasteiger partial charge in [-0.05, 0) is 0 Å². The molecule has 0 unspecified atom stereocenters.